The molecule has 0 bridgehead atoms. The smallest absolute Gasteiger partial charge is 0.356 e. The molecule has 1 saturated heterocycles. The third kappa shape index (κ3) is 11.3. The molecule has 1 aliphatic heterocycles. The summed E-state index contributed by atoms with van der Waals surface area (Å²) in [4.78, 5) is 17.3. The highest BCUT2D eigenvalue weighted by Gasteiger charge is 2.09. The van der Waals surface area contributed by atoms with Crippen molar-refractivity contribution in [2.45, 2.75) is 20.8 Å². The van der Waals surface area contributed by atoms with Gasteiger partial charge in [0.2, 0.25) is 0 Å². The maximum absolute atomic E-state index is 11.0. The van der Waals surface area contributed by atoms with Crippen molar-refractivity contribution in [1.29, 1.82) is 0 Å². The van der Waals surface area contributed by atoms with E-state index in [1.807, 2.05) is 44.9 Å². The number of aryl methyl sites for hydroxylation is 5. The highest BCUT2D eigenvalue weighted by atomic mass is 79.9. The second kappa shape index (κ2) is 15.4. The number of imidazole rings is 1. The van der Waals surface area contributed by atoms with Crippen LogP contribution in [0.25, 0.3) is 0 Å². The van der Waals surface area contributed by atoms with Crippen LogP contribution < -0.4 is 0 Å². The van der Waals surface area contributed by atoms with Crippen LogP contribution >= 0.6 is 15.9 Å². The highest BCUT2D eigenvalue weighted by Crippen LogP contribution is 2.11. The Hall–Kier alpha value is -2.50. The molecule has 0 saturated carbocycles. The van der Waals surface area contributed by atoms with E-state index < -0.39 is 0 Å². The lowest BCUT2D eigenvalue weighted by atomic mass is 10.4. The van der Waals surface area contributed by atoms with Crippen LogP contribution in [0.3, 0.4) is 0 Å². The maximum Gasteiger partial charge on any atom is 0.356 e. The number of rotatable bonds is 2. The van der Waals surface area contributed by atoms with E-state index in [1.165, 1.54) is 4.68 Å². The standard InChI is InChI=1S/C7H10N2O2.C5H7BrN2.C5H8N2.C5H11NO/c1-3-11-7(10)6-4-5-8-9(6)2;1-4-5(6)3-8(2)7-4;1-5-6-3-4-7(5)2;1-6-2-4-7-5-3-6/h4-5H,3H2,1-2H3;3H,1-2H3;3-4H,1-2H3;2-5H2,1H3. The average Bonchev–Trinajstić information content (AvgIpc) is 3.45. The first-order chi connectivity index (χ1) is 15.6. The Bertz CT molecular complexity index is 910. The summed E-state index contributed by atoms with van der Waals surface area (Å²) in [7, 11) is 7.69. The van der Waals surface area contributed by atoms with E-state index in [4.69, 9.17) is 9.47 Å². The first kappa shape index (κ1) is 28.5. The maximum atomic E-state index is 11.0. The molecule has 10 nitrogen and oxygen atoms in total. The summed E-state index contributed by atoms with van der Waals surface area (Å²) in [5.74, 6) is 0.729. The van der Waals surface area contributed by atoms with Gasteiger partial charge in [-0.3, -0.25) is 9.36 Å². The van der Waals surface area contributed by atoms with Gasteiger partial charge in [0.25, 0.3) is 0 Å². The van der Waals surface area contributed by atoms with E-state index in [2.05, 4.69) is 43.1 Å². The summed E-state index contributed by atoms with van der Waals surface area (Å²) in [5.41, 5.74) is 1.51. The molecule has 33 heavy (non-hydrogen) atoms. The van der Waals surface area contributed by atoms with Crippen molar-refractivity contribution >= 4 is 21.9 Å². The largest absolute Gasteiger partial charge is 0.461 e. The molecule has 1 aliphatic rings. The van der Waals surface area contributed by atoms with Gasteiger partial charge in [0, 0.05) is 59.0 Å². The molecule has 4 rings (SSSR count). The first-order valence-electron chi connectivity index (χ1n) is 10.7. The summed E-state index contributed by atoms with van der Waals surface area (Å²) in [6.45, 7) is 10.1. The second-order valence-electron chi connectivity index (χ2n) is 7.30. The molecule has 11 heteroatoms. The van der Waals surface area contributed by atoms with Crippen LogP contribution in [-0.2, 0) is 30.6 Å². The second-order valence-corrected chi connectivity index (χ2v) is 8.15. The van der Waals surface area contributed by atoms with Crippen LogP contribution in [0.15, 0.2) is 35.3 Å². The van der Waals surface area contributed by atoms with Gasteiger partial charge < -0.3 is 18.9 Å². The van der Waals surface area contributed by atoms with Gasteiger partial charge in [-0.15, -0.1) is 0 Å². The monoisotopic (exact) mass is 525 g/mol. The molecule has 0 atom stereocenters. The van der Waals surface area contributed by atoms with Crippen LogP contribution in [0, 0.1) is 13.8 Å². The summed E-state index contributed by atoms with van der Waals surface area (Å²) < 4.78 is 16.2. The Labute approximate surface area is 204 Å². The van der Waals surface area contributed by atoms with Crippen molar-refractivity contribution in [2.75, 3.05) is 40.0 Å². The number of nitrogens with zero attached hydrogens (tertiary/aromatic N) is 7. The minimum Gasteiger partial charge on any atom is -0.461 e. The van der Waals surface area contributed by atoms with E-state index in [9.17, 15) is 4.79 Å². The fourth-order valence-corrected chi connectivity index (χ4v) is 2.82. The van der Waals surface area contributed by atoms with Gasteiger partial charge in [0.05, 0.1) is 30.0 Å². The van der Waals surface area contributed by atoms with E-state index in [0.29, 0.717) is 12.3 Å². The normalized spacial score (nSPS) is 13.0. The zero-order chi connectivity index (χ0) is 24.8. The Balaban J connectivity index is 0.000000224. The van der Waals surface area contributed by atoms with Gasteiger partial charge in [-0.25, -0.2) is 9.78 Å². The number of esters is 1. The molecular formula is C22H36BrN7O3. The topological polar surface area (TPSA) is 92.2 Å². The number of carbonyl (C=O) groups excluding carboxylic acids is 1. The quantitative estimate of drug-likeness (QED) is 0.475. The van der Waals surface area contributed by atoms with Crippen LogP contribution in [-0.4, -0.2) is 79.9 Å². The molecule has 0 N–H and O–H groups in total. The predicted octanol–water partition coefficient (Wildman–Crippen LogP) is 2.76. The molecule has 1 fully saturated rings. The van der Waals surface area contributed by atoms with Crippen molar-refractivity contribution in [1.82, 2.24) is 34.0 Å². The van der Waals surface area contributed by atoms with Crippen LogP contribution in [0.5, 0.6) is 0 Å². The van der Waals surface area contributed by atoms with Crippen molar-refractivity contribution in [3.05, 3.63) is 52.5 Å². The summed E-state index contributed by atoms with van der Waals surface area (Å²) in [6, 6.07) is 1.62. The molecule has 0 aromatic carbocycles. The number of hydrogen-bond donors (Lipinski definition) is 0. The number of ether oxygens (including phenoxy) is 2. The van der Waals surface area contributed by atoms with Gasteiger partial charge >= 0.3 is 5.97 Å². The van der Waals surface area contributed by atoms with Gasteiger partial charge in [-0.1, -0.05) is 0 Å². The molecule has 0 amide bonds. The molecule has 0 spiro atoms. The first-order valence-corrected chi connectivity index (χ1v) is 11.5. The fourth-order valence-electron chi connectivity index (χ4n) is 2.44. The van der Waals surface area contributed by atoms with Crippen molar-refractivity contribution in [3.8, 4) is 0 Å². The number of aromatic nitrogens is 6. The Morgan fingerprint density at radius 1 is 1.15 bits per heavy atom. The minimum absolute atomic E-state index is 0.326. The molecule has 0 unspecified atom stereocenters. The van der Waals surface area contributed by atoms with E-state index in [-0.39, 0.29) is 5.97 Å². The molecule has 0 radical (unpaired) electrons. The number of morpholine rings is 1. The van der Waals surface area contributed by atoms with Gasteiger partial charge in [-0.2, -0.15) is 10.2 Å². The third-order valence-corrected chi connectivity index (χ3v) is 5.33. The molecule has 3 aromatic rings. The third-order valence-electron chi connectivity index (χ3n) is 4.56. The highest BCUT2D eigenvalue weighted by molar-refractivity contribution is 9.10. The summed E-state index contributed by atoms with van der Waals surface area (Å²) >= 11 is 3.33. The average molecular weight is 526 g/mol. The summed E-state index contributed by atoms with van der Waals surface area (Å²) in [6.07, 6.45) is 7.20. The lowest BCUT2D eigenvalue weighted by molar-refractivity contribution is 0.0502. The van der Waals surface area contributed by atoms with Gasteiger partial charge in [0.1, 0.15) is 11.5 Å². The molecule has 4 heterocycles. The Kier molecular flexibility index (Phi) is 13.3. The summed E-state index contributed by atoms with van der Waals surface area (Å²) in [5, 5.41) is 7.92. The van der Waals surface area contributed by atoms with Crippen LogP contribution in [0.2, 0.25) is 0 Å². The van der Waals surface area contributed by atoms with Crippen molar-refractivity contribution < 1.29 is 14.3 Å². The van der Waals surface area contributed by atoms with Crippen LogP contribution in [0.1, 0.15) is 28.9 Å². The molecule has 0 aliphatic carbocycles. The lowest BCUT2D eigenvalue weighted by Gasteiger charge is -2.21. The SMILES string of the molecule is CCOC(=O)c1ccnn1C.CN1CCOCC1.Cc1nccn1C.Cc1nn(C)cc1Br. The Morgan fingerprint density at radius 3 is 2.09 bits per heavy atom. The van der Waals surface area contributed by atoms with Crippen molar-refractivity contribution in [3.63, 3.8) is 0 Å². The van der Waals surface area contributed by atoms with E-state index in [1.54, 1.807) is 37.1 Å². The van der Waals surface area contributed by atoms with E-state index >= 15 is 0 Å². The molecule has 3 aromatic heterocycles. The Morgan fingerprint density at radius 2 is 1.82 bits per heavy atom. The number of carbonyl (C=O) groups is 1. The molecular weight excluding hydrogens is 490 g/mol. The van der Waals surface area contributed by atoms with E-state index in [0.717, 1.165) is 42.3 Å². The zero-order valence-electron chi connectivity index (χ0n) is 20.7. The van der Waals surface area contributed by atoms with Gasteiger partial charge in [0.15, 0.2) is 0 Å². The van der Waals surface area contributed by atoms with Crippen molar-refractivity contribution in [2.24, 2.45) is 21.1 Å². The fraction of sp³-hybridized carbons (Fsp3) is 0.545. The number of hydrogen-bond acceptors (Lipinski definition) is 7. The minimum atomic E-state index is -0.326. The van der Waals surface area contributed by atoms with Gasteiger partial charge in [-0.05, 0) is 49.8 Å². The predicted molar refractivity (Wildman–Crippen MR) is 131 cm³/mol. The zero-order valence-corrected chi connectivity index (χ0v) is 22.2. The lowest BCUT2D eigenvalue weighted by Crippen LogP contribution is -2.32. The molecule has 184 valence electrons. The van der Waals surface area contributed by atoms with Crippen LogP contribution in [0.4, 0.5) is 0 Å². The number of halogens is 1. The number of likely N-dealkylation sites (N-methyl/N-ethyl adjacent to an activating group) is 1.